The summed E-state index contributed by atoms with van der Waals surface area (Å²) < 4.78 is 0. The molecule has 0 amide bonds. The topological polar surface area (TPSA) is 171 Å². The maximum absolute atomic E-state index is 0. The third-order valence-corrected chi connectivity index (χ3v) is 0. The Morgan fingerprint density at radius 1 is 0.250 bits per heavy atom. The van der Waals surface area contributed by atoms with Crippen LogP contribution in [0.15, 0.2) is 0 Å². The minimum Gasteiger partial charge on any atom is -2.00 e. The van der Waals surface area contributed by atoms with E-state index in [4.69, 9.17) is 0 Å². The zero-order chi connectivity index (χ0) is 0. The number of hydrogen-bond donors (Lipinski definition) is 0. The first-order valence-electron chi connectivity index (χ1n) is 0. The zero-order valence-corrected chi connectivity index (χ0v) is 5.82. The van der Waals surface area contributed by atoms with Gasteiger partial charge in [-0.25, -0.2) is 0 Å². The first-order valence-corrected chi connectivity index (χ1v) is 0. The second-order valence-electron chi connectivity index (χ2n) is 0. The van der Waals surface area contributed by atoms with Gasteiger partial charge < -0.3 is 32.9 Å². The average Bonchev–Trinajstić information content (AvgIpc) is 0. The van der Waals surface area contributed by atoms with Gasteiger partial charge in [-0.3, -0.25) is 0 Å². The van der Waals surface area contributed by atoms with Crippen LogP contribution in [-0.4, -0.2) is 0 Å². The van der Waals surface area contributed by atoms with Crippen LogP contribution in [0.2, 0.25) is 0 Å². The van der Waals surface area contributed by atoms with Crippen LogP contribution in [0, 0.1) is 0 Å². The van der Waals surface area contributed by atoms with E-state index in [1.54, 1.807) is 0 Å². The van der Waals surface area contributed by atoms with Crippen molar-refractivity contribution in [3.05, 3.63) is 0 Å². The standard InChI is InChI=1S/2Cr.6O/q2*+6;6*-2. The molecule has 0 bridgehead atoms. The summed E-state index contributed by atoms with van der Waals surface area (Å²) in [6.45, 7) is 0. The van der Waals surface area contributed by atoms with Gasteiger partial charge in [-0.2, -0.15) is 0 Å². The summed E-state index contributed by atoms with van der Waals surface area (Å²) in [6, 6.07) is 0. The van der Waals surface area contributed by atoms with Gasteiger partial charge in [-0.1, -0.05) is 0 Å². The zero-order valence-electron chi connectivity index (χ0n) is 3.27. The summed E-state index contributed by atoms with van der Waals surface area (Å²) in [4.78, 5) is 0. The van der Waals surface area contributed by atoms with Gasteiger partial charge in [0.05, 0.1) is 0 Å². The molecule has 48 valence electrons. The van der Waals surface area contributed by atoms with Gasteiger partial charge in [0.1, 0.15) is 0 Å². The Bertz CT molecular complexity index is 6.49. The SMILES string of the molecule is [Cr+6].[Cr+6].[O-2].[O-2].[O-2].[O-2].[O-2].[O-2]. The van der Waals surface area contributed by atoms with Gasteiger partial charge in [-0.15, -0.1) is 0 Å². The first kappa shape index (κ1) is 794. The predicted octanol–water partition coefficient (Wildman–Crippen LogP) is -0.718. The fourth-order valence-electron chi connectivity index (χ4n) is 0. The van der Waals surface area contributed by atoms with Crippen molar-refractivity contribution in [3.8, 4) is 0 Å². The summed E-state index contributed by atoms with van der Waals surface area (Å²) in [5.74, 6) is 0. The molecule has 0 unspecified atom stereocenters. The van der Waals surface area contributed by atoms with Gasteiger partial charge in [0.25, 0.3) is 0 Å². The monoisotopic (exact) mass is 200 g/mol. The summed E-state index contributed by atoms with van der Waals surface area (Å²) in [5, 5.41) is 0. The first-order chi connectivity index (χ1) is 0. The molecule has 0 aromatic rings. The molecular weight excluding hydrogens is 200 g/mol. The van der Waals surface area contributed by atoms with Gasteiger partial charge in [0.2, 0.25) is 0 Å². The molecule has 8 heavy (non-hydrogen) atoms. The molecule has 0 N–H and O–H groups in total. The van der Waals surface area contributed by atoms with Crippen molar-refractivity contribution in [2.24, 2.45) is 0 Å². The van der Waals surface area contributed by atoms with E-state index in [0.29, 0.717) is 0 Å². The molecule has 0 aromatic heterocycles. The third-order valence-electron chi connectivity index (χ3n) is 0. The van der Waals surface area contributed by atoms with Gasteiger partial charge >= 0.3 is 34.7 Å². The molecule has 0 fully saturated rings. The van der Waals surface area contributed by atoms with Crippen molar-refractivity contribution in [3.63, 3.8) is 0 Å². The normalized spacial score (nSPS) is 0. The molecule has 0 aliphatic rings. The predicted molar refractivity (Wildman–Crippen MR) is 4.12 cm³/mol. The third kappa shape index (κ3) is 340. The van der Waals surface area contributed by atoms with Crippen LogP contribution in [0.5, 0.6) is 0 Å². The molecule has 0 atom stereocenters. The van der Waals surface area contributed by atoms with Crippen molar-refractivity contribution in [1.29, 1.82) is 0 Å². The second kappa shape index (κ2) is 536. The van der Waals surface area contributed by atoms with E-state index in [2.05, 4.69) is 0 Å². The summed E-state index contributed by atoms with van der Waals surface area (Å²) in [6.07, 6.45) is 0. The summed E-state index contributed by atoms with van der Waals surface area (Å²) in [5.41, 5.74) is 0. The molecule has 0 aromatic carbocycles. The van der Waals surface area contributed by atoms with E-state index in [1.807, 2.05) is 0 Å². The summed E-state index contributed by atoms with van der Waals surface area (Å²) in [7, 11) is 0. The molecule has 0 aliphatic heterocycles. The van der Waals surface area contributed by atoms with Crippen molar-refractivity contribution < 1.29 is 67.6 Å². The van der Waals surface area contributed by atoms with Gasteiger partial charge in [0, 0.05) is 0 Å². The smallest absolute Gasteiger partial charge is 2.00 e. The molecule has 0 aliphatic carbocycles. The molecule has 0 rings (SSSR count). The number of hydrogen-bond acceptors (Lipinski definition) is 0. The van der Waals surface area contributed by atoms with Gasteiger partial charge in [0.15, 0.2) is 0 Å². The van der Waals surface area contributed by atoms with E-state index < -0.39 is 0 Å². The van der Waals surface area contributed by atoms with E-state index in [1.165, 1.54) is 0 Å². The van der Waals surface area contributed by atoms with Crippen LogP contribution in [0.4, 0.5) is 0 Å². The largest absolute Gasteiger partial charge is 6.00 e. The quantitative estimate of drug-likeness (QED) is 0.480. The molecule has 8 heteroatoms. The maximum atomic E-state index is 0. The molecule has 0 saturated carbocycles. The molecular formula is Cr2O6. The minimum absolute atomic E-state index is 0. The molecule has 0 saturated heterocycles. The fourth-order valence-corrected chi connectivity index (χ4v) is 0. The Morgan fingerprint density at radius 2 is 0.250 bits per heavy atom. The minimum atomic E-state index is 0. The van der Waals surface area contributed by atoms with Crippen LogP contribution < -0.4 is 0 Å². The van der Waals surface area contributed by atoms with Crippen molar-refractivity contribution in [2.45, 2.75) is 0 Å². The average molecular weight is 200 g/mol. The van der Waals surface area contributed by atoms with Crippen LogP contribution in [0.3, 0.4) is 0 Å². The molecule has 6 nitrogen and oxygen atoms in total. The summed E-state index contributed by atoms with van der Waals surface area (Å²) >= 11 is 0. The second-order valence-corrected chi connectivity index (χ2v) is 0. The van der Waals surface area contributed by atoms with Crippen molar-refractivity contribution in [1.82, 2.24) is 0 Å². The van der Waals surface area contributed by atoms with E-state index >= 15 is 0 Å². The van der Waals surface area contributed by atoms with Gasteiger partial charge in [-0.05, 0) is 0 Å². The molecule has 0 heterocycles. The van der Waals surface area contributed by atoms with Crippen molar-refractivity contribution >= 4 is 0 Å². The van der Waals surface area contributed by atoms with Crippen LogP contribution in [0.25, 0.3) is 0 Å². The Labute approximate surface area is 68.0 Å². The number of rotatable bonds is 0. The van der Waals surface area contributed by atoms with E-state index in [-0.39, 0.29) is 67.6 Å². The Morgan fingerprint density at radius 3 is 0.250 bits per heavy atom. The van der Waals surface area contributed by atoms with Crippen molar-refractivity contribution in [2.75, 3.05) is 0 Å². The van der Waals surface area contributed by atoms with Crippen LogP contribution in [0.1, 0.15) is 0 Å². The Hall–Kier alpha value is 0.825. The fraction of sp³-hybridized carbons (Fsp3) is 0. The molecule has 0 radical (unpaired) electrons. The van der Waals surface area contributed by atoms with E-state index in [0.717, 1.165) is 0 Å². The molecule has 0 spiro atoms. The Balaban J connectivity index is 0. The maximum Gasteiger partial charge on any atom is 6.00 e. The Kier molecular flexibility index (Phi) is 53200. The van der Waals surface area contributed by atoms with Crippen LogP contribution in [-0.2, 0) is 67.6 Å². The van der Waals surface area contributed by atoms with Crippen LogP contribution >= 0.6 is 0 Å². The van der Waals surface area contributed by atoms with E-state index in [9.17, 15) is 0 Å².